The second kappa shape index (κ2) is 7.13. The maximum absolute atomic E-state index is 10.9. The van der Waals surface area contributed by atoms with Gasteiger partial charge >= 0.3 is 0 Å². The number of para-hydroxylation sites is 2. The number of non-ortho nitro benzene ring substituents is 1. The first kappa shape index (κ1) is 16.1. The minimum absolute atomic E-state index is 0.0348. The number of nitro groups is 2. The monoisotopic (exact) mass is 333 g/mol. The first-order valence-electron chi connectivity index (χ1n) is 6.28. The largest absolute Gasteiger partial charge is 0.331 e. The van der Waals surface area contributed by atoms with Gasteiger partial charge in [-0.3, -0.25) is 31.1 Å². The van der Waals surface area contributed by atoms with Gasteiger partial charge in [0.15, 0.2) is 5.11 Å². The van der Waals surface area contributed by atoms with Gasteiger partial charge in [-0.05, 0) is 30.4 Å². The van der Waals surface area contributed by atoms with Crippen molar-refractivity contribution in [2.45, 2.75) is 0 Å². The predicted molar refractivity (Wildman–Crippen MR) is 89.2 cm³/mol. The number of hydrazine groups is 1. The summed E-state index contributed by atoms with van der Waals surface area (Å²) in [4.78, 5) is 20.4. The van der Waals surface area contributed by atoms with E-state index in [9.17, 15) is 20.2 Å². The molecule has 0 atom stereocenters. The molecule has 23 heavy (non-hydrogen) atoms. The van der Waals surface area contributed by atoms with Crippen molar-refractivity contribution >= 4 is 40.1 Å². The average molecular weight is 333 g/mol. The Morgan fingerprint density at radius 3 is 2.22 bits per heavy atom. The van der Waals surface area contributed by atoms with E-state index in [2.05, 4.69) is 16.2 Å². The van der Waals surface area contributed by atoms with Gasteiger partial charge in [0.25, 0.3) is 11.4 Å². The first-order valence-corrected chi connectivity index (χ1v) is 6.69. The zero-order chi connectivity index (χ0) is 16.8. The van der Waals surface area contributed by atoms with Gasteiger partial charge in [0.2, 0.25) is 0 Å². The molecular weight excluding hydrogens is 322 g/mol. The predicted octanol–water partition coefficient (Wildman–Crippen LogP) is 2.82. The summed E-state index contributed by atoms with van der Waals surface area (Å²) in [5, 5.41) is 24.4. The Morgan fingerprint density at radius 2 is 1.61 bits per heavy atom. The third kappa shape index (κ3) is 4.35. The van der Waals surface area contributed by atoms with Crippen LogP contribution in [0.1, 0.15) is 0 Å². The summed E-state index contributed by atoms with van der Waals surface area (Å²) in [7, 11) is 0. The van der Waals surface area contributed by atoms with Gasteiger partial charge in [0.05, 0.1) is 9.85 Å². The molecular formula is C13H11N5O4S. The number of rotatable bonds is 5. The number of nitrogens with zero attached hydrogens (tertiary/aromatic N) is 2. The van der Waals surface area contributed by atoms with Crippen LogP contribution < -0.4 is 16.2 Å². The van der Waals surface area contributed by atoms with Gasteiger partial charge in [-0.2, -0.15) is 0 Å². The zero-order valence-electron chi connectivity index (χ0n) is 11.6. The highest BCUT2D eigenvalue weighted by molar-refractivity contribution is 7.80. The summed E-state index contributed by atoms with van der Waals surface area (Å²) >= 11 is 5.04. The standard InChI is InChI=1S/C13H11N5O4S/c19-17(20)10-7-5-9(6-8-10)14-13(23)16-15-11-3-1-2-4-12(11)18(21)22/h1-8,15H,(H2,14,16,23). The van der Waals surface area contributed by atoms with Crippen molar-refractivity contribution in [2.24, 2.45) is 0 Å². The molecule has 0 radical (unpaired) electrons. The highest BCUT2D eigenvalue weighted by Crippen LogP contribution is 2.22. The van der Waals surface area contributed by atoms with Crippen LogP contribution in [-0.2, 0) is 0 Å². The molecule has 118 valence electrons. The Balaban J connectivity index is 1.95. The molecule has 0 amide bonds. The number of hydrogen-bond acceptors (Lipinski definition) is 6. The van der Waals surface area contributed by atoms with E-state index in [4.69, 9.17) is 12.2 Å². The van der Waals surface area contributed by atoms with Gasteiger partial charge in [-0.15, -0.1) is 0 Å². The van der Waals surface area contributed by atoms with Crippen LogP contribution in [0.5, 0.6) is 0 Å². The summed E-state index contributed by atoms with van der Waals surface area (Å²) in [5.74, 6) is 0. The molecule has 2 aromatic rings. The van der Waals surface area contributed by atoms with E-state index in [1.54, 1.807) is 12.1 Å². The van der Waals surface area contributed by atoms with E-state index >= 15 is 0 Å². The van der Waals surface area contributed by atoms with Crippen LogP contribution in [-0.4, -0.2) is 15.0 Å². The van der Waals surface area contributed by atoms with Gasteiger partial charge < -0.3 is 5.32 Å². The number of benzene rings is 2. The summed E-state index contributed by atoms with van der Waals surface area (Å²) in [6.07, 6.45) is 0. The number of anilines is 2. The van der Waals surface area contributed by atoms with Crippen molar-refractivity contribution in [3.63, 3.8) is 0 Å². The smallest absolute Gasteiger partial charge is 0.294 e. The van der Waals surface area contributed by atoms with Crippen LogP contribution in [0, 0.1) is 20.2 Å². The average Bonchev–Trinajstić information content (AvgIpc) is 2.53. The lowest BCUT2D eigenvalue weighted by Crippen LogP contribution is -2.33. The van der Waals surface area contributed by atoms with E-state index in [1.807, 2.05) is 0 Å². The molecule has 0 aliphatic carbocycles. The quantitative estimate of drug-likeness (QED) is 0.434. The highest BCUT2D eigenvalue weighted by Gasteiger charge is 2.12. The second-order valence-corrected chi connectivity index (χ2v) is 4.69. The maximum Gasteiger partial charge on any atom is 0.294 e. The van der Waals surface area contributed by atoms with Crippen LogP contribution in [0.15, 0.2) is 48.5 Å². The summed E-state index contributed by atoms with van der Waals surface area (Å²) in [6.45, 7) is 0. The topological polar surface area (TPSA) is 122 Å². The molecule has 0 saturated carbocycles. The summed E-state index contributed by atoms with van der Waals surface area (Å²) in [5.41, 5.74) is 5.91. The SMILES string of the molecule is O=[N+]([O-])c1ccc(NC(=S)NNc2ccccc2[N+](=O)[O-])cc1. The van der Waals surface area contributed by atoms with Crippen molar-refractivity contribution in [1.29, 1.82) is 0 Å². The Kier molecular flexibility index (Phi) is 5.00. The van der Waals surface area contributed by atoms with Crippen LogP contribution in [0.2, 0.25) is 0 Å². The fraction of sp³-hybridized carbons (Fsp3) is 0. The van der Waals surface area contributed by atoms with Crippen LogP contribution in [0.25, 0.3) is 0 Å². The summed E-state index contributed by atoms with van der Waals surface area (Å²) < 4.78 is 0. The third-order valence-electron chi connectivity index (χ3n) is 2.75. The Labute approximate surface area is 135 Å². The number of nitrogens with one attached hydrogen (secondary N) is 3. The summed E-state index contributed by atoms with van der Waals surface area (Å²) in [6, 6.07) is 11.7. The molecule has 0 saturated heterocycles. The fourth-order valence-electron chi connectivity index (χ4n) is 1.69. The second-order valence-electron chi connectivity index (χ2n) is 4.28. The van der Waals surface area contributed by atoms with Gasteiger partial charge in [-0.1, -0.05) is 12.1 Å². The van der Waals surface area contributed by atoms with E-state index in [-0.39, 0.29) is 22.2 Å². The fourth-order valence-corrected chi connectivity index (χ4v) is 1.86. The van der Waals surface area contributed by atoms with Crippen molar-refractivity contribution in [3.8, 4) is 0 Å². The van der Waals surface area contributed by atoms with Crippen LogP contribution in [0.3, 0.4) is 0 Å². The van der Waals surface area contributed by atoms with Crippen molar-refractivity contribution in [3.05, 3.63) is 68.8 Å². The number of thiocarbonyl (C=S) groups is 1. The van der Waals surface area contributed by atoms with Crippen LogP contribution >= 0.6 is 12.2 Å². The van der Waals surface area contributed by atoms with Crippen LogP contribution in [0.4, 0.5) is 22.7 Å². The molecule has 0 aliphatic rings. The molecule has 0 aromatic heterocycles. The molecule has 0 spiro atoms. The van der Waals surface area contributed by atoms with E-state index in [0.29, 0.717) is 5.69 Å². The van der Waals surface area contributed by atoms with Crippen molar-refractivity contribution in [2.75, 3.05) is 10.7 Å². The lowest BCUT2D eigenvalue weighted by molar-refractivity contribution is -0.384. The minimum Gasteiger partial charge on any atom is -0.331 e. The zero-order valence-corrected chi connectivity index (χ0v) is 12.4. The molecule has 3 N–H and O–H groups in total. The van der Waals surface area contributed by atoms with Crippen molar-refractivity contribution in [1.82, 2.24) is 5.43 Å². The van der Waals surface area contributed by atoms with Gasteiger partial charge in [0.1, 0.15) is 5.69 Å². The molecule has 9 nitrogen and oxygen atoms in total. The Hall–Kier alpha value is -3.27. The molecule has 2 aromatic carbocycles. The maximum atomic E-state index is 10.9. The first-order chi connectivity index (χ1) is 11.0. The molecule has 2 rings (SSSR count). The molecule has 10 heteroatoms. The van der Waals surface area contributed by atoms with E-state index < -0.39 is 9.85 Å². The third-order valence-corrected chi connectivity index (χ3v) is 2.95. The molecule has 0 fully saturated rings. The molecule has 0 aliphatic heterocycles. The highest BCUT2D eigenvalue weighted by atomic mass is 32.1. The van der Waals surface area contributed by atoms with Gasteiger partial charge in [-0.25, -0.2) is 0 Å². The number of nitro benzene ring substituents is 2. The van der Waals surface area contributed by atoms with Gasteiger partial charge in [0, 0.05) is 23.9 Å². The lowest BCUT2D eigenvalue weighted by atomic mass is 10.3. The van der Waals surface area contributed by atoms with E-state index in [1.165, 1.54) is 36.4 Å². The molecule has 0 heterocycles. The lowest BCUT2D eigenvalue weighted by Gasteiger charge is -2.12. The Bertz CT molecular complexity index is 750. The molecule has 0 unspecified atom stereocenters. The van der Waals surface area contributed by atoms with E-state index in [0.717, 1.165) is 0 Å². The minimum atomic E-state index is -0.517. The van der Waals surface area contributed by atoms with Crippen molar-refractivity contribution < 1.29 is 9.85 Å². The Morgan fingerprint density at radius 1 is 0.957 bits per heavy atom. The number of hydrogen-bond donors (Lipinski definition) is 3. The normalized spacial score (nSPS) is 9.74. The molecule has 0 bridgehead atoms.